The van der Waals surface area contributed by atoms with Crippen LogP contribution in [0.2, 0.25) is 0 Å². The molecule has 1 aliphatic heterocycles. The van der Waals surface area contributed by atoms with E-state index in [-0.39, 0.29) is 18.2 Å². The van der Waals surface area contributed by atoms with Crippen LogP contribution in [0.3, 0.4) is 0 Å². The van der Waals surface area contributed by atoms with Gasteiger partial charge >= 0.3 is 0 Å². The molecule has 1 aliphatic carbocycles. The number of amides is 1. The lowest BCUT2D eigenvalue weighted by Crippen LogP contribution is -2.44. The molecule has 3 N–H and O–H groups in total. The van der Waals surface area contributed by atoms with Crippen molar-refractivity contribution in [2.75, 3.05) is 18.5 Å². The summed E-state index contributed by atoms with van der Waals surface area (Å²) in [7, 11) is 0. The van der Waals surface area contributed by atoms with Gasteiger partial charge in [0.05, 0.1) is 18.6 Å². The summed E-state index contributed by atoms with van der Waals surface area (Å²) < 4.78 is 11.0. The molecular weight excluding hydrogens is 268 g/mol. The van der Waals surface area contributed by atoms with Crippen molar-refractivity contribution >= 4 is 11.6 Å². The molecule has 0 radical (unpaired) electrons. The van der Waals surface area contributed by atoms with E-state index in [1.54, 1.807) is 0 Å². The predicted molar refractivity (Wildman–Crippen MR) is 79.7 cm³/mol. The standard InChI is InChI=1S/C16H22N2O3/c1-16(7-3-6-13(16)17)15(19)18-12-5-2-4-11(10-12)14-20-8-9-21-14/h2,4-5,10,13-14H,3,6-9,17H2,1H3,(H,18,19). The Bertz CT molecular complexity index is 528. The average Bonchev–Trinajstić information content (AvgIpc) is 3.11. The SMILES string of the molecule is CC1(C(=O)Nc2cccc(C3OCCO3)c2)CCCC1N. The van der Waals surface area contributed by atoms with Crippen LogP contribution in [-0.4, -0.2) is 25.2 Å². The highest BCUT2D eigenvalue weighted by atomic mass is 16.7. The van der Waals surface area contributed by atoms with Crippen LogP contribution >= 0.6 is 0 Å². The van der Waals surface area contributed by atoms with E-state index in [2.05, 4.69) is 5.32 Å². The number of hydrogen-bond donors (Lipinski definition) is 2. The number of anilines is 1. The van der Waals surface area contributed by atoms with E-state index in [1.807, 2.05) is 31.2 Å². The van der Waals surface area contributed by atoms with Crippen molar-refractivity contribution in [2.45, 2.75) is 38.5 Å². The van der Waals surface area contributed by atoms with Gasteiger partial charge in [-0.15, -0.1) is 0 Å². The highest BCUT2D eigenvalue weighted by Gasteiger charge is 2.42. The minimum Gasteiger partial charge on any atom is -0.346 e. The second-order valence-corrected chi connectivity index (χ2v) is 6.07. The van der Waals surface area contributed by atoms with Gasteiger partial charge in [-0.3, -0.25) is 4.79 Å². The van der Waals surface area contributed by atoms with Crippen LogP contribution in [0.4, 0.5) is 5.69 Å². The average molecular weight is 290 g/mol. The Morgan fingerprint density at radius 1 is 1.38 bits per heavy atom. The van der Waals surface area contributed by atoms with Crippen molar-refractivity contribution in [3.63, 3.8) is 0 Å². The largest absolute Gasteiger partial charge is 0.346 e. The first-order valence-electron chi connectivity index (χ1n) is 7.50. The van der Waals surface area contributed by atoms with Crippen LogP contribution in [-0.2, 0) is 14.3 Å². The fraction of sp³-hybridized carbons (Fsp3) is 0.562. The summed E-state index contributed by atoms with van der Waals surface area (Å²) in [5, 5.41) is 2.99. The minimum absolute atomic E-state index is 0.00194. The van der Waals surface area contributed by atoms with Crippen LogP contribution in [0.25, 0.3) is 0 Å². The lowest BCUT2D eigenvalue weighted by molar-refractivity contribution is -0.125. The maximum Gasteiger partial charge on any atom is 0.231 e. The zero-order valence-electron chi connectivity index (χ0n) is 12.3. The van der Waals surface area contributed by atoms with Gasteiger partial charge in [0, 0.05) is 17.3 Å². The van der Waals surface area contributed by atoms with Crippen LogP contribution < -0.4 is 11.1 Å². The van der Waals surface area contributed by atoms with E-state index < -0.39 is 5.41 Å². The van der Waals surface area contributed by atoms with Crippen LogP contribution in [0, 0.1) is 5.41 Å². The molecule has 114 valence electrons. The molecule has 1 amide bonds. The second-order valence-electron chi connectivity index (χ2n) is 6.07. The molecule has 2 unspecified atom stereocenters. The quantitative estimate of drug-likeness (QED) is 0.895. The topological polar surface area (TPSA) is 73.6 Å². The number of nitrogens with two attached hydrogens (primary N) is 1. The predicted octanol–water partition coefficient (Wildman–Crippen LogP) is 2.19. The number of nitrogens with one attached hydrogen (secondary N) is 1. The van der Waals surface area contributed by atoms with E-state index >= 15 is 0 Å². The lowest BCUT2D eigenvalue weighted by Gasteiger charge is -2.27. The molecule has 1 aromatic rings. The summed E-state index contributed by atoms with van der Waals surface area (Å²) in [4.78, 5) is 12.5. The van der Waals surface area contributed by atoms with Crippen LogP contribution in [0.15, 0.2) is 24.3 Å². The molecule has 2 fully saturated rings. The molecule has 1 saturated carbocycles. The third kappa shape index (κ3) is 2.81. The van der Waals surface area contributed by atoms with Crippen LogP contribution in [0.5, 0.6) is 0 Å². The normalized spacial score (nSPS) is 29.7. The molecule has 5 heteroatoms. The van der Waals surface area contributed by atoms with Crippen molar-refractivity contribution in [3.8, 4) is 0 Å². The van der Waals surface area contributed by atoms with Gasteiger partial charge < -0.3 is 20.5 Å². The fourth-order valence-corrected chi connectivity index (χ4v) is 3.06. The number of carbonyl (C=O) groups is 1. The van der Waals surface area contributed by atoms with Crippen molar-refractivity contribution in [1.29, 1.82) is 0 Å². The first-order valence-corrected chi connectivity index (χ1v) is 7.50. The Balaban J connectivity index is 1.72. The molecule has 1 aromatic carbocycles. The second kappa shape index (κ2) is 5.75. The Hall–Kier alpha value is -1.43. The van der Waals surface area contributed by atoms with Crippen LogP contribution in [0.1, 0.15) is 38.0 Å². The Morgan fingerprint density at radius 3 is 2.81 bits per heavy atom. The molecular formula is C16H22N2O3. The van der Waals surface area contributed by atoms with E-state index in [4.69, 9.17) is 15.2 Å². The van der Waals surface area contributed by atoms with Gasteiger partial charge in [0.2, 0.25) is 5.91 Å². The van der Waals surface area contributed by atoms with Crippen molar-refractivity contribution in [1.82, 2.24) is 0 Å². The molecule has 5 nitrogen and oxygen atoms in total. The van der Waals surface area contributed by atoms with Crippen molar-refractivity contribution in [2.24, 2.45) is 11.1 Å². The van der Waals surface area contributed by atoms with E-state index in [0.29, 0.717) is 13.2 Å². The number of hydrogen-bond acceptors (Lipinski definition) is 4. The van der Waals surface area contributed by atoms with Gasteiger partial charge in [0.1, 0.15) is 0 Å². The number of carbonyl (C=O) groups excluding carboxylic acids is 1. The summed E-state index contributed by atoms with van der Waals surface area (Å²) in [6, 6.07) is 7.54. The maximum absolute atomic E-state index is 12.5. The van der Waals surface area contributed by atoms with E-state index in [1.165, 1.54) is 0 Å². The first-order chi connectivity index (χ1) is 10.1. The van der Waals surface area contributed by atoms with Gasteiger partial charge in [-0.25, -0.2) is 0 Å². The van der Waals surface area contributed by atoms with E-state index in [0.717, 1.165) is 30.5 Å². The van der Waals surface area contributed by atoms with Gasteiger partial charge in [-0.2, -0.15) is 0 Å². The maximum atomic E-state index is 12.5. The van der Waals surface area contributed by atoms with Gasteiger partial charge in [-0.1, -0.05) is 18.6 Å². The fourth-order valence-electron chi connectivity index (χ4n) is 3.06. The first kappa shape index (κ1) is 14.5. The molecule has 3 rings (SSSR count). The lowest BCUT2D eigenvalue weighted by atomic mass is 9.84. The molecule has 1 saturated heterocycles. The highest BCUT2D eigenvalue weighted by molar-refractivity contribution is 5.95. The molecule has 1 heterocycles. The molecule has 21 heavy (non-hydrogen) atoms. The molecule has 0 bridgehead atoms. The third-order valence-corrected chi connectivity index (χ3v) is 4.59. The summed E-state index contributed by atoms with van der Waals surface area (Å²) in [6.45, 7) is 3.16. The van der Waals surface area contributed by atoms with Gasteiger partial charge in [-0.05, 0) is 31.9 Å². The molecule has 2 atom stereocenters. The molecule has 2 aliphatic rings. The summed E-state index contributed by atoms with van der Waals surface area (Å²) >= 11 is 0. The number of benzene rings is 1. The monoisotopic (exact) mass is 290 g/mol. The Labute approximate surface area is 124 Å². The zero-order chi connectivity index (χ0) is 14.9. The smallest absolute Gasteiger partial charge is 0.231 e. The van der Waals surface area contributed by atoms with Gasteiger partial charge in [0.15, 0.2) is 6.29 Å². The third-order valence-electron chi connectivity index (χ3n) is 4.59. The Morgan fingerprint density at radius 2 is 2.14 bits per heavy atom. The van der Waals surface area contributed by atoms with Crippen molar-refractivity contribution in [3.05, 3.63) is 29.8 Å². The van der Waals surface area contributed by atoms with Gasteiger partial charge in [0.25, 0.3) is 0 Å². The number of rotatable bonds is 3. The Kier molecular flexibility index (Phi) is 3.97. The van der Waals surface area contributed by atoms with E-state index in [9.17, 15) is 4.79 Å². The molecule has 0 spiro atoms. The molecule has 0 aromatic heterocycles. The number of ether oxygens (including phenoxy) is 2. The summed E-state index contributed by atoms with van der Waals surface area (Å²) in [6.07, 6.45) is 2.43. The highest BCUT2D eigenvalue weighted by Crippen LogP contribution is 2.37. The summed E-state index contributed by atoms with van der Waals surface area (Å²) in [5.41, 5.74) is 7.30. The van der Waals surface area contributed by atoms with Crippen molar-refractivity contribution < 1.29 is 14.3 Å². The minimum atomic E-state index is -0.476. The summed E-state index contributed by atoms with van der Waals surface area (Å²) in [5.74, 6) is -0.00194. The zero-order valence-corrected chi connectivity index (χ0v) is 12.3.